The van der Waals surface area contributed by atoms with E-state index >= 15 is 0 Å². The van der Waals surface area contributed by atoms with E-state index in [4.69, 9.17) is 0 Å². The van der Waals surface area contributed by atoms with Crippen molar-refractivity contribution in [3.63, 3.8) is 0 Å². The Morgan fingerprint density at radius 1 is 0.308 bits per heavy atom. The van der Waals surface area contributed by atoms with E-state index in [9.17, 15) is 23.7 Å². The maximum Gasteiger partial charge on any atom is 0.416 e. The van der Waals surface area contributed by atoms with Gasteiger partial charge in [-0.2, -0.15) is 23.7 Å². The van der Waals surface area contributed by atoms with Crippen molar-refractivity contribution in [3.05, 3.63) is 253 Å². The Labute approximate surface area is 443 Å². The summed E-state index contributed by atoms with van der Waals surface area (Å²) in [6.45, 7) is 0. The van der Waals surface area contributed by atoms with Crippen LogP contribution in [0.1, 0.15) is 16.7 Å². The summed E-state index contributed by atoms with van der Waals surface area (Å²) in [4.78, 5) is 0. The van der Waals surface area contributed by atoms with Crippen molar-refractivity contribution in [2.45, 2.75) is 6.18 Å². The molecule has 15 aromatic rings. The normalized spacial score (nSPS) is 12.0. The number of aromatic nitrogens is 4. The van der Waals surface area contributed by atoms with E-state index in [-0.39, 0.29) is 5.56 Å². The van der Waals surface area contributed by atoms with Crippen LogP contribution in [0.25, 0.3) is 132 Å². The number of halogens is 3. The van der Waals surface area contributed by atoms with Gasteiger partial charge in [0.1, 0.15) is 0 Å². The average molecular weight is 1010 g/mol. The molecule has 0 aliphatic heterocycles. The summed E-state index contributed by atoms with van der Waals surface area (Å²) in [5.41, 5.74) is 13.2. The predicted molar refractivity (Wildman–Crippen MR) is 309 cm³/mol. The number of hydrogen-bond acceptors (Lipinski definition) is 2. The summed E-state index contributed by atoms with van der Waals surface area (Å²) in [6, 6.07) is 82.9. The highest BCUT2D eigenvalue weighted by atomic mass is 19.4. The van der Waals surface area contributed by atoms with Gasteiger partial charge in [0.2, 0.25) is 0 Å². The first-order valence-electron chi connectivity index (χ1n) is 25.6. The van der Waals surface area contributed by atoms with E-state index in [1.807, 2.05) is 91.0 Å². The first-order chi connectivity index (χ1) is 38.2. The van der Waals surface area contributed by atoms with Crippen molar-refractivity contribution >= 4 is 87.2 Å². The van der Waals surface area contributed by atoms with Gasteiger partial charge in [-0.3, -0.25) is 0 Å². The number of rotatable bonds is 6. The van der Waals surface area contributed by atoms with Crippen molar-refractivity contribution in [2.75, 3.05) is 0 Å². The summed E-state index contributed by atoms with van der Waals surface area (Å²) < 4.78 is 51.9. The SMILES string of the molecule is N#Cc1ccc(-n2c3ccccc3c3cc4c5ccccc5n(-c5ccccc5)c4cc32)c(-c2cc(-c3ccc(C(F)(F)F)cc3C#N)ccc2-n2c3ccccc3c3cc4c5ccccc5n(-c5ccccc5)c4cc32)c1. The third-order valence-electron chi connectivity index (χ3n) is 15.6. The van der Waals surface area contributed by atoms with Crippen LogP contribution in [0, 0.1) is 22.7 Å². The smallest absolute Gasteiger partial charge is 0.309 e. The number of para-hydroxylation sites is 6. The summed E-state index contributed by atoms with van der Waals surface area (Å²) in [6.07, 6.45) is -4.65. The lowest BCUT2D eigenvalue weighted by molar-refractivity contribution is -0.137. The first-order valence-corrected chi connectivity index (χ1v) is 25.6. The largest absolute Gasteiger partial charge is 0.416 e. The van der Waals surface area contributed by atoms with Gasteiger partial charge in [0.25, 0.3) is 0 Å². The zero-order valence-corrected chi connectivity index (χ0v) is 41.3. The van der Waals surface area contributed by atoms with E-state index in [1.54, 1.807) is 0 Å². The Hall–Kier alpha value is -10.6. The topological polar surface area (TPSA) is 67.3 Å². The standard InChI is InChI=1S/C69H39F3N6/c70-69(71,72)45-29-30-48(44(34-45)41-74)43-28-32-64(78-62-26-14-10-22-52(62)58-37-56-50-20-8-12-24-60(50)76(66(56)39-68(58)78)47-17-5-2-6-18-47)54(35-43)53-33-42(40-73)27-31-63(53)77-61-25-13-9-21-51(61)57-36-55-49-19-7-11-23-59(49)75(65(55)38-67(57)77)46-15-3-1-4-16-46/h1-39H. The van der Waals surface area contributed by atoms with Crippen molar-refractivity contribution in [1.82, 2.24) is 18.3 Å². The van der Waals surface area contributed by atoms with Gasteiger partial charge in [0, 0.05) is 65.6 Å². The van der Waals surface area contributed by atoms with Crippen molar-refractivity contribution in [3.8, 4) is 57.1 Å². The van der Waals surface area contributed by atoms with Crippen LogP contribution in [0.3, 0.4) is 0 Å². The molecule has 0 atom stereocenters. The molecular weight excluding hydrogens is 970 g/mol. The highest BCUT2D eigenvalue weighted by Gasteiger charge is 2.32. The molecule has 0 fully saturated rings. The van der Waals surface area contributed by atoms with Gasteiger partial charge in [-0.05, 0) is 126 Å². The molecule has 78 heavy (non-hydrogen) atoms. The molecule has 0 amide bonds. The fourth-order valence-corrected chi connectivity index (χ4v) is 12.3. The molecule has 15 rings (SSSR count). The first kappa shape index (κ1) is 44.8. The molecule has 366 valence electrons. The zero-order chi connectivity index (χ0) is 52.4. The lowest BCUT2D eigenvalue weighted by atomic mass is 9.92. The van der Waals surface area contributed by atoms with Crippen LogP contribution < -0.4 is 0 Å². The molecule has 0 aliphatic carbocycles. The maximum atomic E-state index is 14.2. The number of benzene rings is 11. The van der Waals surface area contributed by atoms with Crippen molar-refractivity contribution in [2.24, 2.45) is 0 Å². The van der Waals surface area contributed by atoms with Crippen LogP contribution in [-0.2, 0) is 6.18 Å². The van der Waals surface area contributed by atoms with E-state index in [2.05, 4.69) is 158 Å². The maximum absolute atomic E-state index is 14.2. The minimum Gasteiger partial charge on any atom is -0.309 e. The molecule has 11 aromatic carbocycles. The van der Waals surface area contributed by atoms with Gasteiger partial charge in [-0.1, -0.05) is 121 Å². The predicted octanol–water partition coefficient (Wildman–Crippen LogP) is 18.2. The molecule has 0 saturated heterocycles. The van der Waals surface area contributed by atoms with Gasteiger partial charge < -0.3 is 18.3 Å². The second-order valence-electron chi connectivity index (χ2n) is 19.8. The van der Waals surface area contributed by atoms with Gasteiger partial charge >= 0.3 is 6.18 Å². The number of nitriles is 2. The van der Waals surface area contributed by atoms with Crippen LogP contribution in [0.4, 0.5) is 13.2 Å². The fraction of sp³-hybridized carbons (Fsp3) is 0.0145. The molecular formula is C69H39F3N6. The van der Waals surface area contributed by atoms with E-state index < -0.39 is 11.7 Å². The van der Waals surface area contributed by atoms with Gasteiger partial charge in [-0.15, -0.1) is 0 Å². The Bertz CT molecular complexity index is 5100. The van der Waals surface area contributed by atoms with E-state index in [1.165, 1.54) is 6.07 Å². The quantitative estimate of drug-likeness (QED) is 0.167. The van der Waals surface area contributed by atoms with E-state index in [0.717, 1.165) is 122 Å². The lowest BCUT2D eigenvalue weighted by Gasteiger charge is -2.20. The summed E-state index contributed by atoms with van der Waals surface area (Å²) >= 11 is 0. The van der Waals surface area contributed by atoms with Crippen LogP contribution >= 0.6 is 0 Å². The second-order valence-corrected chi connectivity index (χ2v) is 19.8. The molecule has 4 heterocycles. The second kappa shape index (κ2) is 17.0. The van der Waals surface area contributed by atoms with Crippen LogP contribution in [0.15, 0.2) is 237 Å². The van der Waals surface area contributed by atoms with Gasteiger partial charge in [-0.25, -0.2) is 0 Å². The highest BCUT2D eigenvalue weighted by Crippen LogP contribution is 2.46. The molecule has 0 saturated carbocycles. The summed E-state index contributed by atoms with van der Waals surface area (Å²) in [5.74, 6) is 0. The minimum atomic E-state index is -4.65. The molecule has 0 unspecified atom stereocenters. The Kier molecular flexibility index (Phi) is 9.75. The average Bonchev–Trinajstić information content (AvgIpc) is 4.31. The molecule has 6 nitrogen and oxygen atoms in total. The fourth-order valence-electron chi connectivity index (χ4n) is 12.3. The van der Waals surface area contributed by atoms with Crippen LogP contribution in [-0.4, -0.2) is 18.3 Å². The molecule has 0 radical (unpaired) electrons. The molecule has 0 N–H and O–H groups in total. The third kappa shape index (κ3) is 6.62. The monoisotopic (exact) mass is 1010 g/mol. The van der Waals surface area contributed by atoms with Gasteiger partial charge in [0.15, 0.2) is 0 Å². The molecule has 0 bridgehead atoms. The molecule has 9 heteroatoms. The number of hydrogen-bond donors (Lipinski definition) is 0. The van der Waals surface area contributed by atoms with Gasteiger partial charge in [0.05, 0.1) is 84.3 Å². The molecule has 0 spiro atoms. The third-order valence-corrected chi connectivity index (χ3v) is 15.6. The number of fused-ring (bicyclic) bond motifs is 12. The van der Waals surface area contributed by atoms with E-state index in [0.29, 0.717) is 27.8 Å². The zero-order valence-electron chi connectivity index (χ0n) is 41.3. The number of nitrogens with zero attached hydrogens (tertiary/aromatic N) is 6. The Morgan fingerprint density at radius 2 is 0.718 bits per heavy atom. The van der Waals surface area contributed by atoms with Crippen LogP contribution in [0.2, 0.25) is 0 Å². The summed E-state index contributed by atoms with van der Waals surface area (Å²) in [5, 5.41) is 29.9. The van der Waals surface area contributed by atoms with Crippen LogP contribution in [0.5, 0.6) is 0 Å². The highest BCUT2D eigenvalue weighted by molar-refractivity contribution is 6.21. The molecule has 4 aromatic heterocycles. The Balaban J connectivity index is 1.07. The Morgan fingerprint density at radius 3 is 1.17 bits per heavy atom. The van der Waals surface area contributed by atoms with Crippen molar-refractivity contribution < 1.29 is 13.2 Å². The molecule has 0 aliphatic rings. The summed E-state index contributed by atoms with van der Waals surface area (Å²) in [7, 11) is 0. The number of alkyl halides is 3. The minimum absolute atomic E-state index is 0.109. The van der Waals surface area contributed by atoms with Crippen molar-refractivity contribution in [1.29, 1.82) is 10.5 Å². The lowest BCUT2D eigenvalue weighted by Crippen LogP contribution is -2.05.